The highest BCUT2D eigenvalue weighted by Crippen LogP contribution is 2.23. The molecule has 114 valence electrons. The Labute approximate surface area is 131 Å². The lowest BCUT2D eigenvalue weighted by Crippen LogP contribution is -2.15. The van der Waals surface area contributed by atoms with Crippen molar-refractivity contribution in [3.8, 4) is 6.07 Å². The van der Waals surface area contributed by atoms with Crippen molar-refractivity contribution in [1.82, 2.24) is 9.13 Å². The molecule has 0 saturated carbocycles. The van der Waals surface area contributed by atoms with Crippen LogP contribution in [0.5, 0.6) is 0 Å². The number of Topliss-reactive ketones (excluding diaryl/α,β-unsaturated/α-hetero) is 1. The van der Waals surface area contributed by atoms with Gasteiger partial charge in [-0.05, 0) is 25.1 Å². The van der Waals surface area contributed by atoms with Crippen LogP contribution in [-0.4, -0.2) is 20.8 Å². The molecule has 0 bridgehead atoms. The zero-order valence-corrected chi connectivity index (χ0v) is 12.3. The molecule has 2 heterocycles. The number of halogens is 1. The van der Waals surface area contributed by atoms with Gasteiger partial charge in [-0.15, -0.1) is 0 Å². The van der Waals surface area contributed by atoms with Crippen LogP contribution in [0.3, 0.4) is 0 Å². The summed E-state index contributed by atoms with van der Waals surface area (Å²) in [6.45, 7) is 1.38. The normalized spacial score (nSPS) is 10.7. The van der Waals surface area contributed by atoms with Crippen molar-refractivity contribution >= 4 is 22.6 Å². The van der Waals surface area contributed by atoms with Gasteiger partial charge in [-0.2, -0.15) is 5.26 Å². The minimum atomic E-state index is -0.494. The third kappa shape index (κ3) is 2.64. The Balaban J connectivity index is 2.07. The van der Waals surface area contributed by atoms with Crippen LogP contribution in [0.4, 0.5) is 4.39 Å². The second kappa shape index (κ2) is 5.54. The van der Waals surface area contributed by atoms with Crippen LogP contribution in [0.25, 0.3) is 10.9 Å². The van der Waals surface area contributed by atoms with Crippen molar-refractivity contribution in [2.24, 2.45) is 0 Å². The number of ketones is 1. The number of hydrogen-bond acceptors (Lipinski definition) is 3. The summed E-state index contributed by atoms with van der Waals surface area (Å²) in [5.41, 5.74) is 1.54. The minimum absolute atomic E-state index is 0.0627. The molecule has 0 aliphatic heterocycles. The standard InChI is InChI=1S/C17H12FN3O2/c1-11(22)15-9-21(10-17(23)20-5-4-13(18)8-20)16-6-12(7-19)2-3-14(15)16/h2-6,8-9H,10H2,1H3. The van der Waals surface area contributed by atoms with Crippen LogP contribution in [0, 0.1) is 17.1 Å². The van der Waals surface area contributed by atoms with Crippen molar-refractivity contribution < 1.29 is 14.0 Å². The number of nitriles is 1. The number of rotatable bonds is 3. The molecule has 0 radical (unpaired) electrons. The van der Waals surface area contributed by atoms with E-state index < -0.39 is 5.82 Å². The molecule has 0 spiro atoms. The average molecular weight is 309 g/mol. The molecule has 0 amide bonds. The predicted molar refractivity (Wildman–Crippen MR) is 81.7 cm³/mol. The van der Waals surface area contributed by atoms with Crippen LogP contribution < -0.4 is 0 Å². The highest BCUT2D eigenvalue weighted by atomic mass is 19.1. The number of carbonyl (C=O) groups is 2. The van der Waals surface area contributed by atoms with Gasteiger partial charge < -0.3 is 4.57 Å². The van der Waals surface area contributed by atoms with Gasteiger partial charge in [0.1, 0.15) is 12.4 Å². The lowest BCUT2D eigenvalue weighted by Gasteiger charge is -2.05. The third-order valence-corrected chi connectivity index (χ3v) is 3.64. The van der Waals surface area contributed by atoms with Crippen LogP contribution >= 0.6 is 0 Å². The second-order valence-corrected chi connectivity index (χ2v) is 5.20. The van der Waals surface area contributed by atoms with Crippen molar-refractivity contribution in [3.63, 3.8) is 0 Å². The molecule has 3 rings (SSSR count). The summed E-state index contributed by atoms with van der Waals surface area (Å²) in [5.74, 6) is -0.965. The Kier molecular flexibility index (Phi) is 3.54. The third-order valence-electron chi connectivity index (χ3n) is 3.64. The highest BCUT2D eigenvalue weighted by molar-refractivity contribution is 6.07. The van der Waals surface area contributed by atoms with Gasteiger partial charge in [-0.3, -0.25) is 14.2 Å². The van der Waals surface area contributed by atoms with E-state index in [0.717, 1.165) is 10.8 Å². The van der Waals surface area contributed by atoms with Crippen molar-refractivity contribution in [2.45, 2.75) is 13.5 Å². The minimum Gasteiger partial charge on any atom is -0.337 e. The topological polar surface area (TPSA) is 67.8 Å². The van der Waals surface area contributed by atoms with E-state index in [9.17, 15) is 14.0 Å². The van der Waals surface area contributed by atoms with Gasteiger partial charge in [0.2, 0.25) is 0 Å². The molecule has 3 aromatic rings. The maximum absolute atomic E-state index is 13.0. The van der Waals surface area contributed by atoms with Crippen LogP contribution in [0.1, 0.15) is 27.6 Å². The lowest BCUT2D eigenvalue weighted by molar-refractivity contribution is 0.0891. The maximum atomic E-state index is 13.0. The van der Waals surface area contributed by atoms with Gasteiger partial charge in [0.05, 0.1) is 17.1 Å². The fourth-order valence-corrected chi connectivity index (χ4v) is 2.53. The Hall–Kier alpha value is -3.20. The highest BCUT2D eigenvalue weighted by Gasteiger charge is 2.15. The van der Waals surface area contributed by atoms with E-state index in [0.29, 0.717) is 22.0 Å². The van der Waals surface area contributed by atoms with E-state index in [2.05, 4.69) is 0 Å². The molecular formula is C17H12FN3O2. The zero-order valence-electron chi connectivity index (χ0n) is 12.3. The monoisotopic (exact) mass is 309 g/mol. The molecule has 1 aromatic carbocycles. The average Bonchev–Trinajstić information content (AvgIpc) is 3.11. The largest absolute Gasteiger partial charge is 0.337 e. The van der Waals surface area contributed by atoms with E-state index in [4.69, 9.17) is 5.26 Å². The van der Waals surface area contributed by atoms with E-state index in [1.807, 2.05) is 6.07 Å². The summed E-state index contributed by atoms with van der Waals surface area (Å²) in [5, 5.41) is 9.71. The molecule has 0 atom stereocenters. The van der Waals surface area contributed by atoms with Crippen LogP contribution in [0.2, 0.25) is 0 Å². The summed E-state index contributed by atoms with van der Waals surface area (Å²) in [4.78, 5) is 24.0. The first-order valence-electron chi connectivity index (χ1n) is 6.90. The van der Waals surface area contributed by atoms with Gasteiger partial charge in [0, 0.05) is 29.5 Å². The van der Waals surface area contributed by atoms with Crippen LogP contribution in [0.15, 0.2) is 42.9 Å². The van der Waals surface area contributed by atoms with Gasteiger partial charge >= 0.3 is 0 Å². The summed E-state index contributed by atoms with van der Waals surface area (Å²) < 4.78 is 15.8. The summed E-state index contributed by atoms with van der Waals surface area (Å²) in [6, 6.07) is 8.18. The molecule has 2 aromatic heterocycles. The SMILES string of the molecule is CC(=O)c1cn(CC(=O)n2ccc(F)c2)c2cc(C#N)ccc12. The van der Waals surface area contributed by atoms with Crippen molar-refractivity contribution in [1.29, 1.82) is 5.26 Å². The first-order valence-corrected chi connectivity index (χ1v) is 6.90. The first-order chi connectivity index (χ1) is 11.0. The first kappa shape index (κ1) is 14.7. The molecule has 0 fully saturated rings. The number of fused-ring (bicyclic) bond motifs is 1. The molecule has 6 heteroatoms. The molecule has 0 N–H and O–H groups in total. The zero-order chi connectivity index (χ0) is 16.6. The molecule has 5 nitrogen and oxygen atoms in total. The van der Waals surface area contributed by atoms with Crippen molar-refractivity contribution in [3.05, 3.63) is 59.8 Å². The van der Waals surface area contributed by atoms with E-state index in [1.54, 1.807) is 29.0 Å². The number of nitrogens with zero attached hydrogens (tertiary/aromatic N) is 3. The lowest BCUT2D eigenvalue weighted by atomic mass is 10.1. The maximum Gasteiger partial charge on any atom is 0.250 e. The molecule has 0 aliphatic rings. The van der Waals surface area contributed by atoms with Gasteiger partial charge in [0.25, 0.3) is 5.91 Å². The number of carbonyl (C=O) groups excluding carboxylic acids is 2. The molecule has 0 aliphatic carbocycles. The molecule has 0 unspecified atom stereocenters. The van der Waals surface area contributed by atoms with E-state index in [-0.39, 0.29) is 18.2 Å². The summed E-state index contributed by atoms with van der Waals surface area (Å²) in [7, 11) is 0. The summed E-state index contributed by atoms with van der Waals surface area (Å²) >= 11 is 0. The summed E-state index contributed by atoms with van der Waals surface area (Å²) in [6.07, 6.45) is 4.03. The van der Waals surface area contributed by atoms with Crippen LogP contribution in [-0.2, 0) is 6.54 Å². The number of hydrogen-bond donors (Lipinski definition) is 0. The Morgan fingerprint density at radius 2 is 2.04 bits per heavy atom. The Bertz CT molecular complexity index is 976. The van der Waals surface area contributed by atoms with E-state index in [1.165, 1.54) is 19.2 Å². The molecule has 0 saturated heterocycles. The second-order valence-electron chi connectivity index (χ2n) is 5.20. The molecule has 23 heavy (non-hydrogen) atoms. The Morgan fingerprint density at radius 3 is 2.65 bits per heavy atom. The van der Waals surface area contributed by atoms with Gasteiger partial charge in [0.15, 0.2) is 5.78 Å². The fraction of sp³-hybridized carbons (Fsp3) is 0.118. The van der Waals surface area contributed by atoms with Crippen molar-refractivity contribution in [2.75, 3.05) is 0 Å². The number of benzene rings is 1. The van der Waals surface area contributed by atoms with Gasteiger partial charge in [-0.1, -0.05) is 6.07 Å². The van der Waals surface area contributed by atoms with E-state index >= 15 is 0 Å². The van der Waals surface area contributed by atoms with Gasteiger partial charge in [-0.25, -0.2) is 4.39 Å². The fourth-order valence-electron chi connectivity index (χ4n) is 2.53. The quantitative estimate of drug-likeness (QED) is 0.698. The molecular weight excluding hydrogens is 297 g/mol. The smallest absolute Gasteiger partial charge is 0.250 e. The Morgan fingerprint density at radius 1 is 1.26 bits per heavy atom. The number of aromatic nitrogens is 2. The predicted octanol–water partition coefficient (Wildman–Crippen LogP) is 3.00.